The second-order valence-electron chi connectivity index (χ2n) is 5.01. The zero-order chi connectivity index (χ0) is 13.4. The highest BCUT2D eigenvalue weighted by Gasteiger charge is 2.07. The summed E-state index contributed by atoms with van der Waals surface area (Å²) in [5, 5.41) is 5.50. The highest BCUT2D eigenvalue weighted by Crippen LogP contribution is 2.23. The van der Waals surface area contributed by atoms with Crippen molar-refractivity contribution in [2.24, 2.45) is 0 Å². The van der Waals surface area contributed by atoms with Gasteiger partial charge in [0.1, 0.15) is 5.82 Å². The summed E-state index contributed by atoms with van der Waals surface area (Å²) >= 11 is 0. The molecule has 2 nitrogen and oxygen atoms in total. The van der Waals surface area contributed by atoms with Crippen molar-refractivity contribution < 1.29 is 4.39 Å². The van der Waals surface area contributed by atoms with Crippen LogP contribution in [0.25, 0.3) is 16.6 Å². The third kappa shape index (κ3) is 2.12. The van der Waals surface area contributed by atoms with Crippen LogP contribution in [-0.4, -0.2) is 9.78 Å². The lowest BCUT2D eigenvalue weighted by Crippen LogP contribution is -1.96. The Balaban J connectivity index is 2.13. The SMILES string of the molecule is CC(C)c1ccc2c(cnn2-c2ccc(F)cc2)c1. The maximum atomic E-state index is 13.0. The molecule has 0 unspecified atom stereocenters. The molecule has 0 N–H and O–H groups in total. The quantitative estimate of drug-likeness (QED) is 0.667. The van der Waals surface area contributed by atoms with E-state index in [-0.39, 0.29) is 5.82 Å². The van der Waals surface area contributed by atoms with Crippen LogP contribution in [0.1, 0.15) is 25.3 Å². The maximum Gasteiger partial charge on any atom is 0.123 e. The second kappa shape index (κ2) is 4.50. The van der Waals surface area contributed by atoms with E-state index in [1.54, 1.807) is 12.1 Å². The summed E-state index contributed by atoms with van der Waals surface area (Å²) in [6.07, 6.45) is 1.85. The molecular formula is C16H15FN2. The molecule has 0 aliphatic rings. The molecule has 1 heterocycles. The molecule has 0 saturated carbocycles. The van der Waals surface area contributed by atoms with Crippen molar-refractivity contribution in [3.63, 3.8) is 0 Å². The molecule has 1 aromatic heterocycles. The van der Waals surface area contributed by atoms with Crippen LogP contribution in [0.15, 0.2) is 48.7 Å². The number of halogens is 1. The first-order chi connectivity index (χ1) is 9.15. The Bertz CT molecular complexity index is 711. The van der Waals surface area contributed by atoms with Gasteiger partial charge in [0, 0.05) is 5.39 Å². The van der Waals surface area contributed by atoms with Gasteiger partial charge in [0.2, 0.25) is 0 Å². The molecule has 3 heteroatoms. The lowest BCUT2D eigenvalue weighted by Gasteiger charge is -2.06. The van der Waals surface area contributed by atoms with Gasteiger partial charge < -0.3 is 0 Å². The molecule has 0 saturated heterocycles. The zero-order valence-corrected chi connectivity index (χ0v) is 11.0. The molecule has 96 valence electrons. The number of aromatic nitrogens is 2. The first-order valence-corrected chi connectivity index (χ1v) is 6.39. The van der Waals surface area contributed by atoms with Gasteiger partial charge in [-0.3, -0.25) is 0 Å². The molecule has 3 aromatic rings. The molecule has 2 aromatic carbocycles. The number of hydrogen-bond donors (Lipinski definition) is 0. The third-order valence-corrected chi connectivity index (χ3v) is 3.33. The van der Waals surface area contributed by atoms with Crippen LogP contribution >= 0.6 is 0 Å². The van der Waals surface area contributed by atoms with E-state index in [0.717, 1.165) is 16.6 Å². The molecule has 0 aliphatic carbocycles. The van der Waals surface area contributed by atoms with Crippen molar-refractivity contribution in [3.8, 4) is 5.69 Å². The van der Waals surface area contributed by atoms with Gasteiger partial charge >= 0.3 is 0 Å². The minimum Gasteiger partial charge on any atom is -0.233 e. The van der Waals surface area contributed by atoms with Gasteiger partial charge in [0.25, 0.3) is 0 Å². The van der Waals surface area contributed by atoms with Crippen LogP contribution in [-0.2, 0) is 0 Å². The van der Waals surface area contributed by atoms with Crippen LogP contribution < -0.4 is 0 Å². The van der Waals surface area contributed by atoms with Gasteiger partial charge in [-0.1, -0.05) is 19.9 Å². The number of fused-ring (bicyclic) bond motifs is 1. The predicted molar refractivity (Wildman–Crippen MR) is 75.1 cm³/mol. The smallest absolute Gasteiger partial charge is 0.123 e. The van der Waals surface area contributed by atoms with Crippen molar-refractivity contribution in [2.45, 2.75) is 19.8 Å². The standard InChI is InChI=1S/C16H15FN2/c1-11(2)12-3-8-16-13(9-12)10-18-19(16)15-6-4-14(17)5-7-15/h3-11H,1-2H3. The molecular weight excluding hydrogens is 239 g/mol. The summed E-state index contributed by atoms with van der Waals surface area (Å²) in [4.78, 5) is 0. The zero-order valence-electron chi connectivity index (χ0n) is 11.0. The maximum absolute atomic E-state index is 13.0. The molecule has 0 fully saturated rings. The molecule has 0 aliphatic heterocycles. The molecule has 0 spiro atoms. The topological polar surface area (TPSA) is 17.8 Å². The van der Waals surface area contributed by atoms with E-state index >= 15 is 0 Å². The van der Waals surface area contributed by atoms with Crippen LogP contribution in [0.5, 0.6) is 0 Å². The Morgan fingerprint density at radius 1 is 1.05 bits per heavy atom. The number of rotatable bonds is 2. The van der Waals surface area contributed by atoms with Crippen molar-refractivity contribution >= 4 is 10.9 Å². The van der Waals surface area contributed by atoms with Gasteiger partial charge in [0.15, 0.2) is 0 Å². The van der Waals surface area contributed by atoms with Crippen molar-refractivity contribution in [2.75, 3.05) is 0 Å². The Labute approximate surface area is 111 Å². The van der Waals surface area contributed by atoms with Crippen molar-refractivity contribution in [1.82, 2.24) is 9.78 Å². The summed E-state index contributed by atoms with van der Waals surface area (Å²) < 4.78 is 14.8. The monoisotopic (exact) mass is 254 g/mol. The van der Waals surface area contributed by atoms with Crippen LogP contribution in [0.4, 0.5) is 4.39 Å². The molecule has 0 atom stereocenters. The van der Waals surface area contributed by atoms with E-state index in [9.17, 15) is 4.39 Å². The highest BCUT2D eigenvalue weighted by molar-refractivity contribution is 5.81. The van der Waals surface area contributed by atoms with E-state index in [1.807, 2.05) is 10.9 Å². The summed E-state index contributed by atoms with van der Waals surface area (Å²) in [5.41, 5.74) is 3.20. The van der Waals surface area contributed by atoms with Crippen LogP contribution in [0.3, 0.4) is 0 Å². The van der Waals surface area contributed by atoms with Crippen LogP contribution in [0.2, 0.25) is 0 Å². The number of hydrogen-bond acceptors (Lipinski definition) is 1. The predicted octanol–water partition coefficient (Wildman–Crippen LogP) is 4.29. The first-order valence-electron chi connectivity index (χ1n) is 6.39. The average molecular weight is 254 g/mol. The lowest BCUT2D eigenvalue weighted by molar-refractivity contribution is 0.627. The minimum absolute atomic E-state index is 0.234. The fraction of sp³-hybridized carbons (Fsp3) is 0.188. The molecule has 3 rings (SSSR count). The van der Waals surface area contributed by atoms with E-state index < -0.39 is 0 Å². The third-order valence-electron chi connectivity index (χ3n) is 3.33. The van der Waals surface area contributed by atoms with Crippen molar-refractivity contribution in [3.05, 3.63) is 60.0 Å². The average Bonchev–Trinajstić information content (AvgIpc) is 2.82. The highest BCUT2D eigenvalue weighted by atomic mass is 19.1. The van der Waals surface area contributed by atoms with Crippen LogP contribution in [0, 0.1) is 5.82 Å². The summed E-state index contributed by atoms with van der Waals surface area (Å²) in [6.45, 7) is 4.34. The number of nitrogens with zero attached hydrogens (tertiary/aromatic N) is 2. The van der Waals surface area contributed by atoms with Gasteiger partial charge in [-0.15, -0.1) is 0 Å². The minimum atomic E-state index is -0.234. The lowest BCUT2D eigenvalue weighted by atomic mass is 10.0. The summed E-state index contributed by atoms with van der Waals surface area (Å²) in [6, 6.07) is 12.7. The Morgan fingerprint density at radius 2 is 1.79 bits per heavy atom. The molecule has 0 amide bonds. The summed E-state index contributed by atoms with van der Waals surface area (Å²) in [7, 11) is 0. The first kappa shape index (κ1) is 11.9. The van der Waals surface area contributed by atoms with E-state index in [2.05, 4.69) is 37.1 Å². The second-order valence-corrected chi connectivity index (χ2v) is 5.01. The molecule has 0 bridgehead atoms. The Kier molecular flexibility index (Phi) is 2.82. The van der Waals surface area contributed by atoms with Gasteiger partial charge in [-0.25, -0.2) is 9.07 Å². The van der Waals surface area contributed by atoms with E-state index in [0.29, 0.717) is 5.92 Å². The molecule has 0 radical (unpaired) electrons. The normalized spacial score (nSPS) is 11.4. The number of benzene rings is 2. The Hall–Kier alpha value is -2.16. The van der Waals surface area contributed by atoms with E-state index in [4.69, 9.17) is 0 Å². The van der Waals surface area contributed by atoms with Crippen molar-refractivity contribution in [1.29, 1.82) is 0 Å². The molecule has 19 heavy (non-hydrogen) atoms. The van der Waals surface area contributed by atoms with E-state index in [1.165, 1.54) is 17.7 Å². The van der Waals surface area contributed by atoms with Gasteiger partial charge in [-0.05, 0) is 47.9 Å². The van der Waals surface area contributed by atoms with Gasteiger partial charge in [0.05, 0.1) is 17.4 Å². The largest absolute Gasteiger partial charge is 0.233 e. The Morgan fingerprint density at radius 3 is 2.47 bits per heavy atom. The summed E-state index contributed by atoms with van der Waals surface area (Å²) in [5.74, 6) is 0.265. The fourth-order valence-electron chi connectivity index (χ4n) is 2.20. The fourth-order valence-corrected chi connectivity index (χ4v) is 2.20. The van der Waals surface area contributed by atoms with Gasteiger partial charge in [-0.2, -0.15) is 5.10 Å².